The molecular formula is C45H71NO6. The van der Waals surface area contributed by atoms with Gasteiger partial charge in [0.2, 0.25) is 0 Å². The molecule has 0 bridgehead atoms. The Labute approximate surface area is 315 Å². The first-order chi connectivity index (χ1) is 23.5. The number of aromatic hydroxyl groups is 2. The van der Waals surface area contributed by atoms with Crippen molar-refractivity contribution in [3.63, 3.8) is 0 Å². The van der Waals surface area contributed by atoms with Crippen molar-refractivity contribution in [1.29, 1.82) is 0 Å². The number of benzene rings is 2. The Balaban J connectivity index is 1.57. The lowest BCUT2D eigenvalue weighted by Crippen LogP contribution is -2.60. The van der Waals surface area contributed by atoms with Gasteiger partial charge in [-0.1, -0.05) is 83.1 Å². The number of carbonyl (C=O) groups excluding carboxylic acids is 2. The van der Waals surface area contributed by atoms with E-state index in [4.69, 9.17) is 9.47 Å². The summed E-state index contributed by atoms with van der Waals surface area (Å²) in [5.41, 5.74) is 2.66. The maximum atomic E-state index is 13.5. The van der Waals surface area contributed by atoms with Gasteiger partial charge in [0.15, 0.2) is 11.6 Å². The Bertz CT molecular complexity index is 1520. The normalized spacial score (nSPS) is 20.3. The van der Waals surface area contributed by atoms with Crippen LogP contribution in [0.15, 0.2) is 24.3 Å². The van der Waals surface area contributed by atoms with E-state index in [1.54, 1.807) is 0 Å². The van der Waals surface area contributed by atoms with Gasteiger partial charge in [0.05, 0.1) is 25.4 Å². The molecule has 0 aromatic heterocycles. The topological polar surface area (TPSA) is 96.3 Å². The van der Waals surface area contributed by atoms with Gasteiger partial charge >= 0.3 is 0 Å². The minimum absolute atomic E-state index is 0.0174. The molecule has 7 heteroatoms. The lowest BCUT2D eigenvalue weighted by Gasteiger charge is -2.53. The second kappa shape index (κ2) is 15.5. The largest absolute Gasteiger partial charge is 0.507 e. The van der Waals surface area contributed by atoms with Gasteiger partial charge in [0.25, 0.3) is 0 Å². The molecule has 2 aromatic carbocycles. The van der Waals surface area contributed by atoms with E-state index in [-0.39, 0.29) is 74.7 Å². The van der Waals surface area contributed by atoms with E-state index in [0.717, 1.165) is 41.6 Å². The summed E-state index contributed by atoms with van der Waals surface area (Å²) in [5.74, 6) is 0.596. The molecule has 7 nitrogen and oxygen atoms in total. The van der Waals surface area contributed by atoms with Gasteiger partial charge in [-0.15, -0.1) is 0 Å². The van der Waals surface area contributed by atoms with Crippen LogP contribution in [0.4, 0.5) is 0 Å². The molecule has 2 N–H and O–H groups in total. The Morgan fingerprint density at radius 2 is 1.04 bits per heavy atom. The molecule has 0 saturated carbocycles. The van der Waals surface area contributed by atoms with Crippen LogP contribution in [0, 0.1) is 0 Å². The number of carbonyl (C=O) groups is 2. The molecule has 1 aliphatic heterocycles. The number of nitrogens with zero attached hydrogens (tertiary/aromatic N) is 1. The van der Waals surface area contributed by atoms with E-state index in [1.807, 2.05) is 24.3 Å². The highest BCUT2D eigenvalue weighted by Gasteiger charge is 2.45. The lowest BCUT2D eigenvalue weighted by molar-refractivity contribution is -0.130. The molecule has 1 heterocycles. The molecule has 1 saturated heterocycles. The predicted molar refractivity (Wildman–Crippen MR) is 214 cm³/mol. The predicted octanol–water partition coefficient (Wildman–Crippen LogP) is 10.2. The Morgan fingerprint density at radius 3 is 1.38 bits per heavy atom. The van der Waals surface area contributed by atoms with E-state index in [9.17, 15) is 19.8 Å². The molecule has 2 atom stereocenters. The number of rotatable bonds is 12. The fraction of sp³-hybridized carbons (Fsp3) is 0.689. The van der Waals surface area contributed by atoms with Crippen LogP contribution in [-0.2, 0) is 31.1 Å². The monoisotopic (exact) mass is 722 g/mol. The number of hydrogen-bond donors (Lipinski definition) is 2. The zero-order valence-electron chi connectivity index (χ0n) is 35.5. The van der Waals surface area contributed by atoms with Crippen LogP contribution in [0.25, 0.3) is 0 Å². The van der Waals surface area contributed by atoms with Crippen molar-refractivity contribution >= 4 is 11.6 Å². The molecule has 0 spiro atoms. The minimum atomic E-state index is -0.378. The molecular weight excluding hydrogens is 650 g/mol. The molecule has 52 heavy (non-hydrogen) atoms. The summed E-state index contributed by atoms with van der Waals surface area (Å²) in [6.45, 7) is 35.4. The SMILES string of the molecule is CC1CC(C)(OCCC(=O)c2cc(C(C)(C)C)c(O)c(C(C)(C)C)c2)CC(C)(C)N1CCOCCC(=O)c1cc(C(C)(C)C)c(O)c(C(C)(C)C)c1. The van der Waals surface area contributed by atoms with Crippen molar-refractivity contribution in [2.24, 2.45) is 0 Å². The number of likely N-dealkylation sites (tertiary alicyclic amines) is 1. The fourth-order valence-electron chi connectivity index (χ4n) is 8.04. The summed E-state index contributed by atoms with van der Waals surface area (Å²) in [4.78, 5) is 29.3. The standard InChI is InChI=1S/C45H71NO6/c1-29-27-45(16,52-21-18-37(48)31-25-34(42(8,9)10)39(50)35(26-31)43(11,12)13)28-44(14,15)46(29)19-22-51-20-17-36(47)30-23-32(40(2,3)4)38(49)33(24-30)41(5,6)7/h23-26,29,49-50H,17-22,27-28H2,1-16H3. The molecule has 1 fully saturated rings. The van der Waals surface area contributed by atoms with Crippen molar-refractivity contribution in [3.8, 4) is 11.5 Å². The molecule has 0 amide bonds. The first-order valence-electron chi connectivity index (χ1n) is 19.3. The van der Waals surface area contributed by atoms with Gasteiger partial charge in [0, 0.05) is 64.3 Å². The molecule has 292 valence electrons. The molecule has 2 aromatic rings. The third-order valence-electron chi connectivity index (χ3n) is 10.7. The average Bonchev–Trinajstić information content (AvgIpc) is 2.95. The maximum Gasteiger partial charge on any atom is 0.165 e. The Morgan fingerprint density at radius 1 is 0.673 bits per heavy atom. The number of piperidine rings is 1. The number of Topliss-reactive ketones (excluding diaryl/α,β-unsaturated/α-hetero) is 2. The van der Waals surface area contributed by atoms with Gasteiger partial charge in [-0.2, -0.15) is 0 Å². The first kappa shape index (κ1) is 43.7. The summed E-state index contributed by atoms with van der Waals surface area (Å²) in [6.07, 6.45) is 2.20. The first-order valence-corrected chi connectivity index (χ1v) is 19.3. The summed E-state index contributed by atoms with van der Waals surface area (Å²) in [6, 6.07) is 7.64. The highest BCUT2D eigenvalue weighted by Crippen LogP contribution is 2.43. The summed E-state index contributed by atoms with van der Waals surface area (Å²) in [7, 11) is 0. The molecule has 0 aliphatic carbocycles. The summed E-state index contributed by atoms with van der Waals surface area (Å²) < 4.78 is 12.6. The molecule has 3 rings (SSSR count). The zero-order valence-corrected chi connectivity index (χ0v) is 35.5. The number of phenolic OH excluding ortho intramolecular Hbond substituents is 2. The summed E-state index contributed by atoms with van der Waals surface area (Å²) in [5, 5.41) is 22.1. The minimum Gasteiger partial charge on any atom is -0.507 e. The number of ether oxygens (including phenoxy) is 2. The van der Waals surface area contributed by atoms with Crippen molar-refractivity contribution in [3.05, 3.63) is 57.6 Å². The molecule has 1 aliphatic rings. The van der Waals surface area contributed by atoms with Gasteiger partial charge in [-0.05, 0) is 86.5 Å². The van der Waals surface area contributed by atoms with E-state index in [2.05, 4.69) is 116 Å². The van der Waals surface area contributed by atoms with Crippen LogP contribution < -0.4 is 0 Å². The zero-order chi connectivity index (χ0) is 39.8. The van der Waals surface area contributed by atoms with Gasteiger partial charge < -0.3 is 19.7 Å². The fourth-order valence-corrected chi connectivity index (χ4v) is 8.04. The van der Waals surface area contributed by atoms with Gasteiger partial charge in [-0.3, -0.25) is 14.5 Å². The second-order valence-corrected chi connectivity index (χ2v) is 20.3. The Kier molecular flexibility index (Phi) is 13.1. The molecule has 0 radical (unpaired) electrons. The average molecular weight is 722 g/mol. The van der Waals surface area contributed by atoms with Gasteiger partial charge in [0.1, 0.15) is 11.5 Å². The van der Waals surface area contributed by atoms with Crippen LogP contribution in [0.3, 0.4) is 0 Å². The van der Waals surface area contributed by atoms with E-state index >= 15 is 0 Å². The summed E-state index contributed by atoms with van der Waals surface area (Å²) >= 11 is 0. The van der Waals surface area contributed by atoms with Crippen molar-refractivity contribution in [1.82, 2.24) is 4.90 Å². The van der Waals surface area contributed by atoms with Crippen LogP contribution in [-0.4, -0.2) is 70.2 Å². The van der Waals surface area contributed by atoms with Crippen LogP contribution in [0.2, 0.25) is 0 Å². The van der Waals surface area contributed by atoms with Gasteiger partial charge in [-0.25, -0.2) is 0 Å². The third kappa shape index (κ3) is 10.7. The third-order valence-corrected chi connectivity index (χ3v) is 10.7. The van der Waals surface area contributed by atoms with E-state index in [0.29, 0.717) is 30.9 Å². The molecule has 2 unspecified atom stereocenters. The van der Waals surface area contributed by atoms with E-state index < -0.39 is 0 Å². The van der Waals surface area contributed by atoms with E-state index in [1.165, 1.54) is 0 Å². The van der Waals surface area contributed by atoms with Crippen LogP contribution in [0.5, 0.6) is 11.5 Å². The number of hydrogen-bond acceptors (Lipinski definition) is 7. The lowest BCUT2D eigenvalue weighted by atomic mass is 9.77. The van der Waals surface area contributed by atoms with Crippen LogP contribution >= 0.6 is 0 Å². The number of ketones is 2. The van der Waals surface area contributed by atoms with Crippen molar-refractivity contribution < 1.29 is 29.3 Å². The smallest absolute Gasteiger partial charge is 0.165 e. The highest BCUT2D eigenvalue weighted by atomic mass is 16.5. The quantitative estimate of drug-likeness (QED) is 0.166. The van der Waals surface area contributed by atoms with Crippen LogP contribution in [0.1, 0.15) is 179 Å². The highest BCUT2D eigenvalue weighted by molar-refractivity contribution is 5.97. The maximum absolute atomic E-state index is 13.5. The van der Waals surface area contributed by atoms with Crippen molar-refractivity contribution in [2.45, 2.75) is 175 Å². The number of phenols is 2. The second-order valence-electron chi connectivity index (χ2n) is 20.3. The Hall–Kier alpha value is -2.74. The van der Waals surface area contributed by atoms with Crippen molar-refractivity contribution in [2.75, 3.05) is 26.4 Å².